The molecule has 21 heavy (non-hydrogen) atoms. The van der Waals surface area contributed by atoms with Gasteiger partial charge in [-0.05, 0) is 6.07 Å². The number of hydrogen-bond donors (Lipinski definition) is 2. The molecule has 0 spiro atoms. The molecular formula is C12H14ClN5O3. The van der Waals surface area contributed by atoms with Crippen LogP contribution in [0.4, 0.5) is 0 Å². The first kappa shape index (κ1) is 15.0. The Morgan fingerprint density at radius 3 is 2.81 bits per heavy atom. The van der Waals surface area contributed by atoms with Crippen LogP contribution >= 0.6 is 11.6 Å². The fourth-order valence-electron chi connectivity index (χ4n) is 1.74. The third-order valence-electron chi connectivity index (χ3n) is 2.71. The molecule has 0 aliphatic heterocycles. The van der Waals surface area contributed by atoms with Crippen LogP contribution in [-0.2, 0) is 17.9 Å². The summed E-state index contributed by atoms with van der Waals surface area (Å²) in [6, 6.07) is 1.54. The molecule has 8 nitrogen and oxygen atoms in total. The van der Waals surface area contributed by atoms with E-state index >= 15 is 0 Å². The number of halogens is 1. The number of carbonyl (C=O) groups excluding carboxylic acids is 1. The van der Waals surface area contributed by atoms with E-state index in [4.69, 9.17) is 16.7 Å². The van der Waals surface area contributed by atoms with Gasteiger partial charge in [0.05, 0.1) is 30.7 Å². The molecule has 0 atom stereocenters. The average Bonchev–Trinajstić information content (AvgIpc) is 3.05. The van der Waals surface area contributed by atoms with Gasteiger partial charge >= 0.3 is 5.97 Å². The highest BCUT2D eigenvalue weighted by molar-refractivity contribution is 6.30. The van der Waals surface area contributed by atoms with E-state index < -0.39 is 5.97 Å². The van der Waals surface area contributed by atoms with Crippen LogP contribution in [0.1, 0.15) is 16.9 Å². The number of nitrogens with one attached hydrogen (secondary N) is 1. The van der Waals surface area contributed by atoms with Crippen LogP contribution in [0.3, 0.4) is 0 Å². The molecule has 2 aromatic heterocycles. The zero-order valence-electron chi connectivity index (χ0n) is 11.1. The Labute approximate surface area is 125 Å². The first-order valence-electron chi connectivity index (χ1n) is 6.26. The monoisotopic (exact) mass is 311 g/mol. The third-order valence-corrected chi connectivity index (χ3v) is 2.91. The summed E-state index contributed by atoms with van der Waals surface area (Å²) in [7, 11) is 0. The zero-order chi connectivity index (χ0) is 15.2. The molecule has 0 radical (unpaired) electrons. The molecule has 1 amide bonds. The average molecular weight is 312 g/mol. The van der Waals surface area contributed by atoms with Crippen LogP contribution in [0.2, 0.25) is 5.02 Å². The van der Waals surface area contributed by atoms with Gasteiger partial charge in [0.25, 0.3) is 5.91 Å². The predicted octanol–water partition coefficient (Wildman–Crippen LogP) is 0.638. The minimum Gasteiger partial charge on any atom is -0.481 e. The molecule has 9 heteroatoms. The van der Waals surface area contributed by atoms with Crippen molar-refractivity contribution < 1.29 is 14.7 Å². The van der Waals surface area contributed by atoms with Crippen molar-refractivity contribution in [3.63, 3.8) is 0 Å². The Morgan fingerprint density at radius 1 is 1.33 bits per heavy atom. The fourth-order valence-corrected chi connectivity index (χ4v) is 1.90. The molecule has 0 aromatic carbocycles. The van der Waals surface area contributed by atoms with Gasteiger partial charge < -0.3 is 10.4 Å². The Morgan fingerprint density at radius 2 is 2.14 bits per heavy atom. The van der Waals surface area contributed by atoms with Crippen LogP contribution in [-0.4, -0.2) is 43.1 Å². The predicted molar refractivity (Wildman–Crippen MR) is 74.1 cm³/mol. The Hall–Kier alpha value is -2.35. The largest absolute Gasteiger partial charge is 0.481 e. The van der Waals surface area contributed by atoms with E-state index in [1.54, 1.807) is 16.9 Å². The van der Waals surface area contributed by atoms with Gasteiger partial charge in [0.2, 0.25) is 0 Å². The third kappa shape index (κ3) is 4.32. The maximum atomic E-state index is 12.0. The summed E-state index contributed by atoms with van der Waals surface area (Å²) in [5, 5.41) is 19.8. The van der Waals surface area contributed by atoms with E-state index in [1.165, 1.54) is 17.1 Å². The minimum absolute atomic E-state index is 0.0895. The molecule has 2 heterocycles. The molecule has 0 aliphatic carbocycles. The van der Waals surface area contributed by atoms with Gasteiger partial charge in [0.1, 0.15) is 5.69 Å². The molecule has 2 N–H and O–H groups in total. The van der Waals surface area contributed by atoms with Crippen molar-refractivity contribution in [1.82, 2.24) is 24.9 Å². The van der Waals surface area contributed by atoms with E-state index in [9.17, 15) is 9.59 Å². The normalized spacial score (nSPS) is 10.5. The number of aromatic nitrogens is 4. The van der Waals surface area contributed by atoms with Crippen molar-refractivity contribution >= 4 is 23.5 Å². The van der Waals surface area contributed by atoms with Gasteiger partial charge in [-0.15, -0.1) is 0 Å². The lowest BCUT2D eigenvalue weighted by molar-refractivity contribution is -0.137. The van der Waals surface area contributed by atoms with Gasteiger partial charge in [-0.25, -0.2) is 0 Å². The van der Waals surface area contributed by atoms with Crippen molar-refractivity contribution in [3.8, 4) is 0 Å². The van der Waals surface area contributed by atoms with E-state index in [0.29, 0.717) is 23.8 Å². The molecular weight excluding hydrogens is 298 g/mol. The number of aryl methyl sites for hydroxylation is 1. The summed E-state index contributed by atoms with van der Waals surface area (Å²) in [4.78, 5) is 22.5. The van der Waals surface area contributed by atoms with Crippen molar-refractivity contribution in [3.05, 3.63) is 35.4 Å². The van der Waals surface area contributed by atoms with Crippen LogP contribution in [0.25, 0.3) is 0 Å². The molecule has 2 aromatic rings. The highest BCUT2D eigenvalue weighted by Crippen LogP contribution is 2.04. The molecule has 0 saturated carbocycles. The molecule has 0 bridgehead atoms. The smallest absolute Gasteiger partial charge is 0.305 e. The second-order valence-corrected chi connectivity index (χ2v) is 4.70. The summed E-state index contributed by atoms with van der Waals surface area (Å²) in [5.41, 5.74) is 0.328. The minimum atomic E-state index is -0.938. The first-order chi connectivity index (χ1) is 10.1. The van der Waals surface area contributed by atoms with Gasteiger partial charge in [0.15, 0.2) is 0 Å². The van der Waals surface area contributed by atoms with Crippen LogP contribution in [0.5, 0.6) is 0 Å². The number of amides is 1. The standard InChI is InChI=1S/C12H14ClN5O3/c13-9-7-16-17(8-9)6-4-14-12(21)10-1-3-15-18(10)5-2-11(19)20/h1,3,7-8H,2,4-6H2,(H,14,21)(H,19,20). The quantitative estimate of drug-likeness (QED) is 0.781. The number of hydrogen-bond acceptors (Lipinski definition) is 4. The fraction of sp³-hybridized carbons (Fsp3) is 0.333. The number of carboxylic acids is 1. The van der Waals surface area contributed by atoms with E-state index in [1.807, 2.05) is 0 Å². The molecule has 112 valence electrons. The molecule has 0 aliphatic rings. The maximum Gasteiger partial charge on any atom is 0.305 e. The molecule has 0 unspecified atom stereocenters. The van der Waals surface area contributed by atoms with Gasteiger partial charge in [0, 0.05) is 18.9 Å². The lowest BCUT2D eigenvalue weighted by atomic mass is 10.3. The van der Waals surface area contributed by atoms with Gasteiger partial charge in [-0.3, -0.25) is 19.0 Å². The molecule has 2 rings (SSSR count). The highest BCUT2D eigenvalue weighted by atomic mass is 35.5. The number of carboxylic acid groups (broad SMARTS) is 1. The lowest BCUT2D eigenvalue weighted by Gasteiger charge is -2.07. The Kier molecular flexibility index (Phi) is 4.94. The molecule has 0 saturated heterocycles. The van der Waals surface area contributed by atoms with Crippen molar-refractivity contribution in [2.75, 3.05) is 6.54 Å². The summed E-state index contributed by atoms with van der Waals surface area (Å²) in [5.74, 6) is -1.25. The number of aliphatic carboxylic acids is 1. The number of carbonyl (C=O) groups is 2. The first-order valence-corrected chi connectivity index (χ1v) is 6.64. The summed E-state index contributed by atoms with van der Waals surface area (Å²) < 4.78 is 2.98. The van der Waals surface area contributed by atoms with Gasteiger partial charge in [-0.2, -0.15) is 10.2 Å². The van der Waals surface area contributed by atoms with Crippen LogP contribution in [0.15, 0.2) is 24.7 Å². The van der Waals surface area contributed by atoms with E-state index in [0.717, 1.165) is 0 Å². The number of rotatable bonds is 7. The summed E-state index contributed by atoms with van der Waals surface area (Å²) in [6.07, 6.45) is 4.55. The van der Waals surface area contributed by atoms with Gasteiger partial charge in [-0.1, -0.05) is 11.6 Å². The van der Waals surface area contributed by atoms with Crippen molar-refractivity contribution in [2.45, 2.75) is 19.5 Å². The maximum absolute atomic E-state index is 12.0. The van der Waals surface area contributed by atoms with Crippen LogP contribution in [0, 0.1) is 0 Å². The summed E-state index contributed by atoms with van der Waals surface area (Å²) in [6.45, 7) is 1.02. The zero-order valence-corrected chi connectivity index (χ0v) is 11.8. The van der Waals surface area contributed by atoms with Crippen molar-refractivity contribution in [2.24, 2.45) is 0 Å². The summed E-state index contributed by atoms with van der Waals surface area (Å²) >= 11 is 5.73. The second kappa shape index (κ2) is 6.89. The highest BCUT2D eigenvalue weighted by Gasteiger charge is 2.12. The van der Waals surface area contributed by atoms with Crippen molar-refractivity contribution in [1.29, 1.82) is 0 Å². The second-order valence-electron chi connectivity index (χ2n) is 4.26. The lowest BCUT2D eigenvalue weighted by Crippen LogP contribution is -2.29. The number of nitrogens with zero attached hydrogens (tertiary/aromatic N) is 4. The van der Waals surface area contributed by atoms with Crippen LogP contribution < -0.4 is 5.32 Å². The van der Waals surface area contributed by atoms with E-state index in [2.05, 4.69) is 15.5 Å². The van der Waals surface area contributed by atoms with E-state index in [-0.39, 0.29) is 18.9 Å². The SMILES string of the molecule is O=C(O)CCn1nccc1C(=O)NCCn1cc(Cl)cn1. The molecule has 0 fully saturated rings. The Bertz CT molecular complexity index is 636. The Balaban J connectivity index is 1.85. The topological polar surface area (TPSA) is 102 Å².